The molecular weight excluding hydrogens is 490 g/mol. The van der Waals surface area contributed by atoms with Crippen molar-refractivity contribution in [2.45, 2.75) is 25.7 Å². The number of benzene rings is 2. The molecule has 1 aliphatic rings. The highest BCUT2D eigenvalue weighted by Gasteiger charge is 2.24. The Labute approximate surface area is 227 Å². The summed E-state index contributed by atoms with van der Waals surface area (Å²) in [6.45, 7) is 2.29. The summed E-state index contributed by atoms with van der Waals surface area (Å²) in [5, 5.41) is 19.3. The van der Waals surface area contributed by atoms with Gasteiger partial charge in [0.2, 0.25) is 0 Å². The number of carbonyl (C=O) groups excluding carboxylic acids is 1. The highest BCUT2D eigenvalue weighted by atomic mass is 16.4. The maximum atomic E-state index is 13.4. The minimum absolute atomic E-state index is 0.0341. The SMILES string of the molecule is N#Cc1cccnc1N1CCN(C(=O)c2ccc3nc(-c4ccccc4)c(CCCCC(=O)O)cc3c2)CC1. The second-order valence-electron chi connectivity index (χ2n) is 9.64. The van der Waals surface area contributed by atoms with Crippen molar-refractivity contribution in [3.63, 3.8) is 0 Å². The van der Waals surface area contributed by atoms with Crippen LogP contribution in [0, 0.1) is 11.3 Å². The first kappa shape index (κ1) is 25.9. The van der Waals surface area contributed by atoms with Crippen molar-refractivity contribution in [2.24, 2.45) is 0 Å². The first-order chi connectivity index (χ1) is 19.0. The number of carbonyl (C=O) groups is 2. The molecule has 2 aromatic heterocycles. The molecule has 0 bridgehead atoms. The zero-order valence-corrected chi connectivity index (χ0v) is 21.6. The van der Waals surface area contributed by atoms with Gasteiger partial charge in [0.25, 0.3) is 5.91 Å². The number of hydrogen-bond acceptors (Lipinski definition) is 6. The molecule has 8 heteroatoms. The van der Waals surface area contributed by atoms with Gasteiger partial charge in [-0.25, -0.2) is 9.97 Å². The highest BCUT2D eigenvalue weighted by Crippen LogP contribution is 2.28. The lowest BCUT2D eigenvalue weighted by Crippen LogP contribution is -2.49. The van der Waals surface area contributed by atoms with Gasteiger partial charge in [-0.2, -0.15) is 5.26 Å². The predicted molar refractivity (Wildman–Crippen MR) is 149 cm³/mol. The average Bonchev–Trinajstić information content (AvgIpc) is 2.98. The van der Waals surface area contributed by atoms with Crippen LogP contribution in [-0.4, -0.2) is 58.0 Å². The Morgan fingerprint density at radius 1 is 0.949 bits per heavy atom. The van der Waals surface area contributed by atoms with E-state index in [1.54, 1.807) is 18.3 Å². The predicted octanol–water partition coefficient (Wildman–Crippen LogP) is 4.93. The van der Waals surface area contributed by atoms with Crippen LogP contribution in [0.15, 0.2) is 72.9 Å². The van der Waals surface area contributed by atoms with Gasteiger partial charge in [-0.15, -0.1) is 0 Å². The van der Waals surface area contributed by atoms with Gasteiger partial charge >= 0.3 is 5.97 Å². The van der Waals surface area contributed by atoms with Crippen molar-refractivity contribution in [2.75, 3.05) is 31.1 Å². The Balaban J connectivity index is 1.36. The summed E-state index contributed by atoms with van der Waals surface area (Å²) in [7, 11) is 0. The molecule has 3 heterocycles. The number of aromatic nitrogens is 2. The molecular formula is C31H29N5O3. The lowest BCUT2D eigenvalue weighted by atomic mass is 9.98. The molecule has 2 aromatic carbocycles. The molecule has 196 valence electrons. The van der Waals surface area contributed by atoms with Crippen LogP contribution < -0.4 is 4.90 Å². The zero-order valence-electron chi connectivity index (χ0n) is 21.6. The van der Waals surface area contributed by atoms with E-state index in [2.05, 4.69) is 17.1 Å². The number of aliphatic carboxylic acids is 1. The normalized spacial score (nSPS) is 13.3. The number of hydrogen-bond donors (Lipinski definition) is 1. The number of carboxylic acid groups (broad SMARTS) is 1. The Hall–Kier alpha value is -4.77. The van der Waals surface area contributed by atoms with Crippen molar-refractivity contribution in [1.82, 2.24) is 14.9 Å². The molecule has 1 N–H and O–H groups in total. The minimum atomic E-state index is -0.788. The number of carboxylic acids is 1. The van der Waals surface area contributed by atoms with Gasteiger partial charge < -0.3 is 14.9 Å². The number of rotatable bonds is 8. The van der Waals surface area contributed by atoms with Crippen LogP contribution in [0.3, 0.4) is 0 Å². The van der Waals surface area contributed by atoms with E-state index in [0.717, 1.165) is 34.1 Å². The molecule has 0 aliphatic carbocycles. The number of piperazine rings is 1. The van der Waals surface area contributed by atoms with E-state index in [4.69, 9.17) is 10.1 Å². The standard InChI is InChI=1S/C31H29N5O3/c32-21-25-10-6-14-33-30(25)35-15-17-36(18-16-35)31(39)24-12-13-27-26(20-24)19-23(9-4-5-11-28(37)38)29(34-27)22-7-2-1-3-8-22/h1-3,6-8,10,12-14,19-20H,4-5,9,11,15-18H2,(H,37,38). The molecule has 4 aromatic rings. The second kappa shape index (κ2) is 11.7. The monoisotopic (exact) mass is 519 g/mol. The number of fused-ring (bicyclic) bond motifs is 1. The summed E-state index contributed by atoms with van der Waals surface area (Å²) in [4.78, 5) is 37.6. The van der Waals surface area contributed by atoms with Gasteiger partial charge in [-0.1, -0.05) is 30.3 Å². The quantitative estimate of drug-likeness (QED) is 0.329. The van der Waals surface area contributed by atoms with Crippen LogP contribution in [0.2, 0.25) is 0 Å². The third kappa shape index (κ3) is 5.88. The smallest absolute Gasteiger partial charge is 0.303 e. The Bertz CT molecular complexity index is 1540. The summed E-state index contributed by atoms with van der Waals surface area (Å²) >= 11 is 0. The third-order valence-corrected chi connectivity index (χ3v) is 7.05. The van der Waals surface area contributed by atoms with Crippen molar-refractivity contribution in [1.29, 1.82) is 5.26 Å². The van der Waals surface area contributed by atoms with E-state index in [0.29, 0.717) is 56.0 Å². The summed E-state index contributed by atoms with van der Waals surface area (Å²) in [6, 6.07) is 23.4. The summed E-state index contributed by atoms with van der Waals surface area (Å²) in [5.41, 5.74) is 4.90. The molecule has 0 radical (unpaired) electrons. The molecule has 0 unspecified atom stereocenters. The number of nitrogens with zero attached hydrogens (tertiary/aromatic N) is 5. The van der Waals surface area contributed by atoms with Crippen molar-refractivity contribution in [3.05, 3.63) is 89.6 Å². The van der Waals surface area contributed by atoms with Crippen molar-refractivity contribution < 1.29 is 14.7 Å². The number of pyridine rings is 2. The van der Waals surface area contributed by atoms with Gasteiger partial charge in [-0.3, -0.25) is 9.59 Å². The first-order valence-electron chi connectivity index (χ1n) is 13.1. The largest absolute Gasteiger partial charge is 0.481 e. The van der Waals surface area contributed by atoms with Gasteiger partial charge in [-0.05, 0) is 61.2 Å². The Morgan fingerprint density at radius 3 is 2.49 bits per heavy atom. The number of anilines is 1. The number of nitriles is 1. The van der Waals surface area contributed by atoms with Gasteiger partial charge in [0, 0.05) is 55.3 Å². The Kier molecular flexibility index (Phi) is 7.78. The van der Waals surface area contributed by atoms with E-state index in [9.17, 15) is 14.9 Å². The lowest BCUT2D eigenvalue weighted by Gasteiger charge is -2.35. The minimum Gasteiger partial charge on any atom is -0.481 e. The molecule has 8 nitrogen and oxygen atoms in total. The van der Waals surface area contributed by atoms with Crippen LogP contribution in [0.25, 0.3) is 22.2 Å². The van der Waals surface area contributed by atoms with Crippen LogP contribution in [-0.2, 0) is 11.2 Å². The number of aryl methyl sites for hydroxylation is 1. The molecule has 39 heavy (non-hydrogen) atoms. The fourth-order valence-electron chi connectivity index (χ4n) is 5.02. The fraction of sp³-hybridized carbons (Fsp3) is 0.258. The number of amides is 1. The number of unbranched alkanes of at least 4 members (excludes halogenated alkanes) is 1. The highest BCUT2D eigenvalue weighted by molar-refractivity contribution is 5.98. The molecule has 0 atom stereocenters. The fourth-order valence-corrected chi connectivity index (χ4v) is 5.02. The maximum absolute atomic E-state index is 13.4. The molecule has 1 amide bonds. The maximum Gasteiger partial charge on any atom is 0.303 e. The average molecular weight is 520 g/mol. The van der Waals surface area contributed by atoms with Gasteiger partial charge in [0.1, 0.15) is 11.9 Å². The van der Waals surface area contributed by atoms with Crippen LogP contribution >= 0.6 is 0 Å². The van der Waals surface area contributed by atoms with Crippen LogP contribution in [0.1, 0.15) is 40.7 Å². The molecule has 5 rings (SSSR count). The van der Waals surface area contributed by atoms with Crippen LogP contribution in [0.5, 0.6) is 0 Å². The topological polar surface area (TPSA) is 110 Å². The summed E-state index contributed by atoms with van der Waals surface area (Å²) < 4.78 is 0. The Morgan fingerprint density at radius 2 is 1.74 bits per heavy atom. The lowest BCUT2D eigenvalue weighted by molar-refractivity contribution is -0.137. The zero-order chi connectivity index (χ0) is 27.2. The summed E-state index contributed by atoms with van der Waals surface area (Å²) in [5.74, 6) is -0.161. The van der Waals surface area contributed by atoms with E-state index in [1.807, 2.05) is 58.3 Å². The second-order valence-corrected chi connectivity index (χ2v) is 9.64. The van der Waals surface area contributed by atoms with E-state index in [1.165, 1.54) is 0 Å². The van der Waals surface area contributed by atoms with E-state index < -0.39 is 5.97 Å². The van der Waals surface area contributed by atoms with Crippen molar-refractivity contribution in [3.8, 4) is 17.3 Å². The molecule has 1 fully saturated rings. The first-order valence-corrected chi connectivity index (χ1v) is 13.1. The van der Waals surface area contributed by atoms with Crippen molar-refractivity contribution >= 4 is 28.6 Å². The van der Waals surface area contributed by atoms with Crippen LogP contribution in [0.4, 0.5) is 5.82 Å². The van der Waals surface area contributed by atoms with Gasteiger partial charge in [0.05, 0.1) is 16.8 Å². The molecule has 0 saturated carbocycles. The van der Waals surface area contributed by atoms with Gasteiger partial charge in [0.15, 0.2) is 0 Å². The van der Waals surface area contributed by atoms with E-state index >= 15 is 0 Å². The molecule has 1 saturated heterocycles. The summed E-state index contributed by atoms with van der Waals surface area (Å²) in [6.07, 6.45) is 3.87. The van der Waals surface area contributed by atoms with E-state index in [-0.39, 0.29) is 12.3 Å². The molecule has 1 aliphatic heterocycles. The third-order valence-electron chi connectivity index (χ3n) is 7.05. The molecule has 0 spiro atoms.